The molecule has 2 heterocycles. The smallest absolute Gasteiger partial charge is 0.156 e. The molecule has 4 heteroatoms. The maximum Gasteiger partial charge on any atom is 0.156 e. The Morgan fingerprint density at radius 1 is 1.50 bits per heavy atom. The number of fused-ring (bicyclic) bond motifs is 1. The van der Waals surface area contributed by atoms with Crippen molar-refractivity contribution in [3.63, 3.8) is 0 Å². The van der Waals surface area contributed by atoms with E-state index in [4.69, 9.17) is 0 Å². The Bertz CT molecular complexity index is 355. The summed E-state index contributed by atoms with van der Waals surface area (Å²) in [4.78, 5) is 4.00. The quantitative estimate of drug-likeness (QED) is 0.641. The number of halogens is 1. The zero-order valence-electron chi connectivity index (χ0n) is 5.03. The summed E-state index contributed by atoms with van der Waals surface area (Å²) in [5, 5.41) is 3.94. The molecule has 0 radical (unpaired) electrons. The molecule has 2 aromatic heterocycles. The second-order valence-electron chi connectivity index (χ2n) is 1.91. The summed E-state index contributed by atoms with van der Waals surface area (Å²) in [5.74, 6) is 0. The molecule has 0 atom stereocenters. The van der Waals surface area contributed by atoms with Gasteiger partial charge in [-0.15, -0.1) is 0 Å². The molecule has 0 amide bonds. The van der Waals surface area contributed by atoms with Gasteiger partial charge in [-0.3, -0.25) is 0 Å². The number of aromatic nitrogens is 3. The first-order valence-electron chi connectivity index (χ1n) is 2.81. The van der Waals surface area contributed by atoms with E-state index in [0.29, 0.717) is 0 Å². The molecule has 0 aliphatic heterocycles. The Hall–Kier alpha value is -0.900. The van der Waals surface area contributed by atoms with E-state index >= 15 is 0 Å². The minimum Gasteiger partial charge on any atom is -0.221 e. The van der Waals surface area contributed by atoms with Gasteiger partial charge >= 0.3 is 0 Å². The van der Waals surface area contributed by atoms with Crippen molar-refractivity contribution in [1.29, 1.82) is 0 Å². The highest BCUT2D eigenvalue weighted by molar-refractivity contribution is 9.10. The second-order valence-corrected chi connectivity index (χ2v) is 2.82. The molecule has 10 heavy (non-hydrogen) atoms. The molecule has 0 saturated heterocycles. The number of hydrogen-bond acceptors (Lipinski definition) is 2. The van der Waals surface area contributed by atoms with Crippen molar-refractivity contribution in [3.8, 4) is 0 Å². The van der Waals surface area contributed by atoms with Gasteiger partial charge in [-0.05, 0) is 12.1 Å². The molecule has 0 saturated carbocycles. The molecule has 0 spiro atoms. The van der Waals surface area contributed by atoms with Gasteiger partial charge in [0.2, 0.25) is 0 Å². The van der Waals surface area contributed by atoms with E-state index < -0.39 is 0 Å². The van der Waals surface area contributed by atoms with Crippen molar-refractivity contribution >= 4 is 21.6 Å². The lowest BCUT2D eigenvalue weighted by Crippen LogP contribution is -1.83. The highest BCUT2D eigenvalue weighted by Gasteiger charge is 1.92. The fraction of sp³-hybridized carbons (Fsp3) is 0. The summed E-state index contributed by atoms with van der Waals surface area (Å²) in [7, 11) is 0. The van der Waals surface area contributed by atoms with Crippen molar-refractivity contribution in [1.82, 2.24) is 14.6 Å². The van der Waals surface area contributed by atoms with Crippen LogP contribution in [0.5, 0.6) is 0 Å². The van der Waals surface area contributed by atoms with Gasteiger partial charge in [-0.1, -0.05) is 15.9 Å². The average Bonchev–Trinajstić information content (AvgIpc) is 2.33. The van der Waals surface area contributed by atoms with Gasteiger partial charge in [-0.2, -0.15) is 5.10 Å². The van der Waals surface area contributed by atoms with Crippen LogP contribution in [0.2, 0.25) is 0 Å². The van der Waals surface area contributed by atoms with Crippen molar-refractivity contribution in [2.24, 2.45) is 0 Å². The number of rotatable bonds is 0. The molecule has 50 valence electrons. The van der Waals surface area contributed by atoms with Crippen LogP contribution in [0.4, 0.5) is 0 Å². The summed E-state index contributed by atoms with van der Waals surface area (Å²) in [6.45, 7) is 0. The molecule has 2 aromatic rings. The maximum absolute atomic E-state index is 4.00. The summed E-state index contributed by atoms with van der Waals surface area (Å²) < 4.78 is 2.73. The van der Waals surface area contributed by atoms with Gasteiger partial charge in [0.05, 0.1) is 0 Å². The van der Waals surface area contributed by atoms with Crippen LogP contribution in [0.15, 0.2) is 29.1 Å². The summed E-state index contributed by atoms with van der Waals surface area (Å²) >= 11 is 3.34. The van der Waals surface area contributed by atoms with Gasteiger partial charge < -0.3 is 0 Å². The number of nitrogens with zero attached hydrogens (tertiary/aromatic N) is 3. The molecule has 0 aliphatic carbocycles. The Labute approximate surface area is 65.8 Å². The van der Waals surface area contributed by atoms with Crippen LogP contribution in [-0.2, 0) is 0 Å². The second kappa shape index (κ2) is 2.05. The molecular weight excluding hydrogens is 194 g/mol. The van der Waals surface area contributed by atoms with Crippen molar-refractivity contribution in [2.75, 3.05) is 0 Å². The Morgan fingerprint density at radius 2 is 2.40 bits per heavy atom. The molecule has 2 rings (SSSR count). The Balaban J connectivity index is 2.86. The lowest BCUT2D eigenvalue weighted by Gasteiger charge is -1.89. The molecule has 0 aromatic carbocycles. The summed E-state index contributed by atoms with van der Waals surface area (Å²) in [5.41, 5.74) is 0.856. The maximum atomic E-state index is 4.00. The number of pyridine rings is 1. The Morgan fingerprint density at radius 3 is 3.30 bits per heavy atom. The van der Waals surface area contributed by atoms with E-state index in [1.807, 2.05) is 18.3 Å². The molecule has 0 bridgehead atoms. The zero-order chi connectivity index (χ0) is 6.97. The molecule has 0 fully saturated rings. The molecule has 0 aliphatic rings. The van der Waals surface area contributed by atoms with E-state index in [1.54, 1.807) is 4.52 Å². The van der Waals surface area contributed by atoms with Crippen molar-refractivity contribution < 1.29 is 0 Å². The predicted octanol–water partition coefficient (Wildman–Crippen LogP) is 1.49. The van der Waals surface area contributed by atoms with Crippen LogP contribution in [-0.4, -0.2) is 14.6 Å². The molecule has 3 nitrogen and oxygen atoms in total. The third-order valence-corrected chi connectivity index (χ3v) is 1.74. The van der Waals surface area contributed by atoms with Crippen LogP contribution in [0.3, 0.4) is 0 Å². The molecule has 0 N–H and O–H groups in total. The van der Waals surface area contributed by atoms with Crippen LogP contribution in [0.25, 0.3) is 5.65 Å². The lowest BCUT2D eigenvalue weighted by atomic mass is 10.5. The topological polar surface area (TPSA) is 30.2 Å². The predicted molar refractivity (Wildman–Crippen MR) is 40.7 cm³/mol. The van der Waals surface area contributed by atoms with E-state index in [-0.39, 0.29) is 0 Å². The Kier molecular flexibility index (Phi) is 1.20. The number of hydrogen-bond donors (Lipinski definition) is 0. The van der Waals surface area contributed by atoms with Gasteiger partial charge in [0.25, 0.3) is 0 Å². The van der Waals surface area contributed by atoms with Crippen LogP contribution in [0, 0.1) is 0 Å². The monoisotopic (exact) mass is 197 g/mol. The first-order chi connectivity index (χ1) is 4.86. The average molecular weight is 198 g/mol. The third-order valence-electron chi connectivity index (χ3n) is 1.24. The van der Waals surface area contributed by atoms with E-state index in [1.165, 1.54) is 6.33 Å². The van der Waals surface area contributed by atoms with Gasteiger partial charge in [0.15, 0.2) is 5.65 Å². The largest absolute Gasteiger partial charge is 0.221 e. The normalized spacial score (nSPS) is 10.5. The fourth-order valence-electron chi connectivity index (χ4n) is 0.790. The third kappa shape index (κ3) is 0.806. The van der Waals surface area contributed by atoms with Crippen LogP contribution >= 0.6 is 15.9 Å². The minimum absolute atomic E-state index is 0.856. The van der Waals surface area contributed by atoms with Crippen molar-refractivity contribution in [2.45, 2.75) is 0 Å². The summed E-state index contributed by atoms with van der Waals surface area (Å²) in [6, 6.07) is 3.83. The zero-order valence-corrected chi connectivity index (χ0v) is 6.62. The first kappa shape index (κ1) is 5.85. The standard InChI is InChI=1S/C6H4BrN3/c7-5-1-2-10-6(3-5)8-4-9-10/h1-4H. The SMILES string of the molecule is Brc1ccn2ncnc2c1. The summed E-state index contributed by atoms with van der Waals surface area (Å²) in [6.07, 6.45) is 3.38. The first-order valence-corrected chi connectivity index (χ1v) is 3.60. The van der Waals surface area contributed by atoms with E-state index in [2.05, 4.69) is 26.0 Å². The molecule has 0 unspecified atom stereocenters. The van der Waals surface area contributed by atoms with Crippen molar-refractivity contribution in [3.05, 3.63) is 29.1 Å². The van der Waals surface area contributed by atoms with Gasteiger partial charge in [-0.25, -0.2) is 9.50 Å². The van der Waals surface area contributed by atoms with Crippen LogP contribution < -0.4 is 0 Å². The highest BCUT2D eigenvalue weighted by Crippen LogP contribution is 2.09. The van der Waals surface area contributed by atoms with Gasteiger partial charge in [0.1, 0.15) is 6.33 Å². The van der Waals surface area contributed by atoms with E-state index in [0.717, 1.165) is 10.1 Å². The molecular formula is C6H4BrN3. The fourth-order valence-corrected chi connectivity index (χ4v) is 1.11. The highest BCUT2D eigenvalue weighted by atomic mass is 79.9. The van der Waals surface area contributed by atoms with E-state index in [9.17, 15) is 0 Å². The van der Waals surface area contributed by atoms with Crippen LogP contribution in [0.1, 0.15) is 0 Å². The van der Waals surface area contributed by atoms with Gasteiger partial charge in [0, 0.05) is 10.7 Å². The minimum atomic E-state index is 0.856. The lowest BCUT2D eigenvalue weighted by molar-refractivity contribution is 0.959.